The number of hydrogen-bond acceptors (Lipinski definition) is 5. The van der Waals surface area contributed by atoms with E-state index in [0.717, 1.165) is 18.5 Å². The number of amides is 2. The fraction of sp³-hybridized carbons (Fsp3) is 0.647. The van der Waals surface area contributed by atoms with Crippen molar-refractivity contribution in [2.24, 2.45) is 5.92 Å². The SMILES string of the molecule is Cc1cc(OC2CCN(C(=O)[C@@H]3CC(=O)N(C)C3)CC2)nc(C)n1. The van der Waals surface area contributed by atoms with Gasteiger partial charge in [0, 0.05) is 57.7 Å². The fourth-order valence-corrected chi connectivity index (χ4v) is 3.40. The molecule has 0 radical (unpaired) electrons. The van der Waals surface area contributed by atoms with Crippen molar-refractivity contribution in [2.75, 3.05) is 26.7 Å². The summed E-state index contributed by atoms with van der Waals surface area (Å²) < 4.78 is 5.95. The summed E-state index contributed by atoms with van der Waals surface area (Å²) in [4.78, 5) is 36.2. The van der Waals surface area contributed by atoms with E-state index in [2.05, 4.69) is 9.97 Å². The Morgan fingerprint density at radius 1 is 1.25 bits per heavy atom. The molecule has 0 N–H and O–H groups in total. The van der Waals surface area contributed by atoms with Crippen LogP contribution in [-0.2, 0) is 9.59 Å². The molecule has 0 unspecified atom stereocenters. The first kappa shape index (κ1) is 16.7. The van der Waals surface area contributed by atoms with E-state index >= 15 is 0 Å². The molecule has 0 bridgehead atoms. The molecule has 1 aromatic heterocycles. The molecular formula is C17H24N4O3. The maximum Gasteiger partial charge on any atom is 0.227 e. The Morgan fingerprint density at radius 2 is 1.96 bits per heavy atom. The quantitative estimate of drug-likeness (QED) is 0.823. The Kier molecular flexibility index (Phi) is 4.69. The molecule has 2 aliphatic rings. The Labute approximate surface area is 142 Å². The van der Waals surface area contributed by atoms with Gasteiger partial charge in [-0.05, 0) is 13.8 Å². The van der Waals surface area contributed by atoms with Gasteiger partial charge in [0.15, 0.2) is 0 Å². The molecule has 7 heteroatoms. The fourth-order valence-electron chi connectivity index (χ4n) is 3.40. The van der Waals surface area contributed by atoms with E-state index in [-0.39, 0.29) is 23.8 Å². The third-order valence-corrected chi connectivity index (χ3v) is 4.67. The molecule has 1 aromatic rings. The zero-order chi connectivity index (χ0) is 17.3. The Balaban J connectivity index is 1.52. The maximum atomic E-state index is 12.5. The van der Waals surface area contributed by atoms with Gasteiger partial charge in [-0.1, -0.05) is 0 Å². The largest absolute Gasteiger partial charge is 0.474 e. The number of aryl methyl sites for hydroxylation is 2. The van der Waals surface area contributed by atoms with Crippen LogP contribution in [0.3, 0.4) is 0 Å². The Bertz CT molecular complexity index is 620. The third kappa shape index (κ3) is 3.66. The van der Waals surface area contributed by atoms with Crippen LogP contribution in [0.2, 0.25) is 0 Å². The van der Waals surface area contributed by atoms with E-state index in [1.807, 2.05) is 24.8 Å². The molecule has 0 saturated carbocycles. The lowest BCUT2D eigenvalue weighted by Gasteiger charge is -2.33. The van der Waals surface area contributed by atoms with Crippen LogP contribution in [0.25, 0.3) is 0 Å². The molecule has 2 amide bonds. The number of carbonyl (C=O) groups excluding carboxylic acids is 2. The lowest BCUT2D eigenvalue weighted by molar-refractivity contribution is -0.137. The highest BCUT2D eigenvalue weighted by Gasteiger charge is 2.36. The second kappa shape index (κ2) is 6.75. The van der Waals surface area contributed by atoms with Crippen molar-refractivity contribution in [3.05, 3.63) is 17.6 Å². The molecule has 0 spiro atoms. The van der Waals surface area contributed by atoms with E-state index in [0.29, 0.717) is 37.8 Å². The second-order valence-electron chi connectivity index (χ2n) is 6.71. The highest BCUT2D eigenvalue weighted by molar-refractivity contribution is 5.89. The number of piperidine rings is 1. The first-order valence-corrected chi connectivity index (χ1v) is 8.44. The van der Waals surface area contributed by atoms with Gasteiger partial charge in [-0.15, -0.1) is 0 Å². The van der Waals surface area contributed by atoms with Gasteiger partial charge in [-0.3, -0.25) is 9.59 Å². The van der Waals surface area contributed by atoms with Gasteiger partial charge in [0.05, 0.1) is 5.92 Å². The summed E-state index contributed by atoms with van der Waals surface area (Å²) in [6, 6.07) is 1.84. The van der Waals surface area contributed by atoms with Gasteiger partial charge in [-0.2, -0.15) is 4.98 Å². The molecule has 2 aliphatic heterocycles. The highest BCUT2D eigenvalue weighted by atomic mass is 16.5. The summed E-state index contributed by atoms with van der Waals surface area (Å²) >= 11 is 0. The van der Waals surface area contributed by atoms with Crippen LogP contribution < -0.4 is 4.74 Å². The van der Waals surface area contributed by atoms with E-state index < -0.39 is 0 Å². The minimum absolute atomic E-state index is 0.0565. The van der Waals surface area contributed by atoms with Crippen LogP contribution in [0.1, 0.15) is 30.8 Å². The first-order valence-electron chi connectivity index (χ1n) is 8.44. The number of aromatic nitrogens is 2. The van der Waals surface area contributed by atoms with Crippen molar-refractivity contribution in [3.63, 3.8) is 0 Å². The first-order chi connectivity index (χ1) is 11.4. The monoisotopic (exact) mass is 332 g/mol. The molecule has 2 fully saturated rings. The summed E-state index contributed by atoms with van der Waals surface area (Å²) in [5, 5.41) is 0. The predicted molar refractivity (Wildman–Crippen MR) is 87.5 cm³/mol. The van der Waals surface area contributed by atoms with Crippen molar-refractivity contribution < 1.29 is 14.3 Å². The Hall–Kier alpha value is -2.18. The van der Waals surface area contributed by atoms with E-state index in [9.17, 15) is 9.59 Å². The van der Waals surface area contributed by atoms with Crippen LogP contribution in [0, 0.1) is 19.8 Å². The molecular weight excluding hydrogens is 308 g/mol. The van der Waals surface area contributed by atoms with Gasteiger partial charge in [0.2, 0.25) is 17.7 Å². The van der Waals surface area contributed by atoms with E-state index in [1.165, 1.54) is 0 Å². The lowest BCUT2D eigenvalue weighted by atomic mass is 10.0. The third-order valence-electron chi connectivity index (χ3n) is 4.67. The van der Waals surface area contributed by atoms with Crippen LogP contribution in [0.5, 0.6) is 5.88 Å². The summed E-state index contributed by atoms with van der Waals surface area (Å²) in [6.07, 6.45) is 1.97. The summed E-state index contributed by atoms with van der Waals surface area (Å²) in [6.45, 7) is 5.64. The normalized spacial score (nSPS) is 22.1. The minimum atomic E-state index is -0.188. The molecule has 0 aromatic carbocycles. The van der Waals surface area contributed by atoms with Crippen molar-refractivity contribution in [3.8, 4) is 5.88 Å². The van der Waals surface area contributed by atoms with Gasteiger partial charge < -0.3 is 14.5 Å². The van der Waals surface area contributed by atoms with Crippen LogP contribution in [0.4, 0.5) is 0 Å². The number of hydrogen-bond donors (Lipinski definition) is 0. The number of carbonyl (C=O) groups is 2. The smallest absolute Gasteiger partial charge is 0.227 e. The number of rotatable bonds is 3. The Morgan fingerprint density at radius 3 is 2.54 bits per heavy atom. The zero-order valence-electron chi connectivity index (χ0n) is 14.5. The maximum absolute atomic E-state index is 12.5. The molecule has 0 aliphatic carbocycles. The average molecular weight is 332 g/mol. The minimum Gasteiger partial charge on any atom is -0.474 e. The predicted octanol–water partition coefficient (Wildman–Crippen LogP) is 0.942. The van der Waals surface area contributed by atoms with Crippen molar-refractivity contribution >= 4 is 11.8 Å². The molecule has 3 rings (SSSR count). The number of ether oxygens (including phenoxy) is 1. The number of likely N-dealkylation sites (tertiary alicyclic amines) is 2. The molecule has 1 atom stereocenters. The highest BCUT2D eigenvalue weighted by Crippen LogP contribution is 2.23. The summed E-state index contributed by atoms with van der Waals surface area (Å²) in [5.74, 6) is 1.27. The molecule has 130 valence electrons. The van der Waals surface area contributed by atoms with Gasteiger partial charge in [-0.25, -0.2) is 4.98 Å². The van der Waals surface area contributed by atoms with Crippen molar-refractivity contribution in [2.45, 2.75) is 39.2 Å². The summed E-state index contributed by atoms with van der Waals surface area (Å²) in [5.41, 5.74) is 0.889. The molecule has 7 nitrogen and oxygen atoms in total. The number of nitrogens with zero attached hydrogens (tertiary/aromatic N) is 4. The van der Waals surface area contributed by atoms with Gasteiger partial charge in [0.1, 0.15) is 11.9 Å². The van der Waals surface area contributed by atoms with Crippen LogP contribution in [-0.4, -0.2) is 64.4 Å². The topological polar surface area (TPSA) is 75.6 Å². The lowest BCUT2D eigenvalue weighted by Crippen LogP contribution is -2.44. The van der Waals surface area contributed by atoms with Crippen LogP contribution >= 0.6 is 0 Å². The van der Waals surface area contributed by atoms with E-state index in [4.69, 9.17) is 4.74 Å². The summed E-state index contributed by atoms with van der Waals surface area (Å²) in [7, 11) is 1.75. The van der Waals surface area contributed by atoms with Gasteiger partial charge >= 0.3 is 0 Å². The van der Waals surface area contributed by atoms with E-state index in [1.54, 1.807) is 11.9 Å². The standard InChI is InChI=1S/C17H24N4O3/c1-11-8-15(19-12(2)18-11)24-14-4-6-21(7-5-14)17(23)13-9-16(22)20(3)10-13/h8,13-14H,4-7,9-10H2,1-3H3/t13-/m1/s1. The van der Waals surface area contributed by atoms with Gasteiger partial charge in [0.25, 0.3) is 0 Å². The molecule has 2 saturated heterocycles. The molecule has 3 heterocycles. The van der Waals surface area contributed by atoms with Crippen LogP contribution in [0.15, 0.2) is 6.07 Å². The second-order valence-corrected chi connectivity index (χ2v) is 6.71. The van der Waals surface area contributed by atoms with Crippen molar-refractivity contribution in [1.82, 2.24) is 19.8 Å². The molecule has 24 heavy (non-hydrogen) atoms. The zero-order valence-corrected chi connectivity index (χ0v) is 14.5. The average Bonchev–Trinajstić information content (AvgIpc) is 2.86. The van der Waals surface area contributed by atoms with Crippen molar-refractivity contribution in [1.29, 1.82) is 0 Å².